The highest BCUT2D eigenvalue weighted by atomic mass is 19.1. The van der Waals surface area contributed by atoms with Crippen LogP contribution in [-0.4, -0.2) is 24.7 Å². The van der Waals surface area contributed by atoms with Crippen LogP contribution in [0.1, 0.15) is 18.4 Å². The summed E-state index contributed by atoms with van der Waals surface area (Å²) in [6.07, 6.45) is 0.832. The quantitative estimate of drug-likeness (QED) is 0.736. The van der Waals surface area contributed by atoms with E-state index in [1.807, 2.05) is 0 Å². The van der Waals surface area contributed by atoms with Gasteiger partial charge in [-0.15, -0.1) is 0 Å². The molecule has 0 atom stereocenters. The van der Waals surface area contributed by atoms with Crippen molar-refractivity contribution < 1.29 is 19.0 Å². The molecule has 0 radical (unpaired) electrons. The van der Waals surface area contributed by atoms with E-state index in [0.29, 0.717) is 18.4 Å². The first-order valence-electron chi connectivity index (χ1n) is 5.40. The third-order valence-corrected chi connectivity index (χ3v) is 2.29. The Morgan fingerprint density at radius 2 is 2.29 bits per heavy atom. The smallest absolute Gasteiger partial charge is 0.219 e. The Balaban J connectivity index is 2.48. The fourth-order valence-electron chi connectivity index (χ4n) is 1.37. The molecular weight excluding hydrogens is 225 g/mol. The van der Waals surface area contributed by atoms with Crippen molar-refractivity contribution >= 4 is 5.91 Å². The zero-order valence-electron chi connectivity index (χ0n) is 9.70. The molecule has 1 amide bonds. The number of hydrogen-bond donors (Lipinski definition) is 2. The van der Waals surface area contributed by atoms with Gasteiger partial charge in [0.15, 0.2) is 11.6 Å². The lowest BCUT2D eigenvalue weighted by Crippen LogP contribution is -2.18. The number of aliphatic hydroxyl groups is 1. The zero-order chi connectivity index (χ0) is 12.7. The summed E-state index contributed by atoms with van der Waals surface area (Å²) in [5, 5.41) is 11.5. The molecule has 0 aliphatic rings. The maximum Gasteiger partial charge on any atom is 0.219 e. The number of carbonyl (C=O) groups excluding carboxylic acids is 1. The van der Waals surface area contributed by atoms with Crippen molar-refractivity contribution in [2.45, 2.75) is 19.4 Å². The highest BCUT2D eigenvalue weighted by Gasteiger charge is 2.09. The Morgan fingerprint density at radius 1 is 1.53 bits per heavy atom. The van der Waals surface area contributed by atoms with E-state index < -0.39 is 5.82 Å². The van der Waals surface area contributed by atoms with Gasteiger partial charge in [0.25, 0.3) is 0 Å². The first-order valence-corrected chi connectivity index (χ1v) is 5.40. The molecule has 1 aromatic rings. The minimum absolute atomic E-state index is 0.0620. The molecule has 0 fully saturated rings. The van der Waals surface area contributed by atoms with Crippen molar-refractivity contribution in [3.63, 3.8) is 0 Å². The van der Waals surface area contributed by atoms with Gasteiger partial charge in [0.1, 0.15) is 0 Å². The predicted octanol–water partition coefficient (Wildman–Crippen LogP) is 1.22. The van der Waals surface area contributed by atoms with Gasteiger partial charge in [0, 0.05) is 19.0 Å². The van der Waals surface area contributed by atoms with Crippen molar-refractivity contribution in [1.29, 1.82) is 0 Å². The third-order valence-electron chi connectivity index (χ3n) is 2.29. The number of carbonyl (C=O) groups is 1. The lowest BCUT2D eigenvalue weighted by atomic mass is 10.2. The van der Waals surface area contributed by atoms with Gasteiger partial charge >= 0.3 is 0 Å². The molecular formula is C12H16FNO3. The Hall–Kier alpha value is -1.62. The number of para-hydroxylation sites is 1. The molecule has 0 aliphatic heterocycles. The van der Waals surface area contributed by atoms with E-state index in [2.05, 4.69) is 5.32 Å². The highest BCUT2D eigenvalue weighted by Crippen LogP contribution is 2.22. The lowest BCUT2D eigenvalue weighted by Gasteiger charge is -2.10. The van der Waals surface area contributed by atoms with Crippen LogP contribution in [0, 0.1) is 5.82 Å². The normalized spacial score (nSPS) is 10.1. The Morgan fingerprint density at radius 3 is 2.94 bits per heavy atom. The van der Waals surface area contributed by atoms with Gasteiger partial charge in [-0.25, -0.2) is 4.39 Å². The SMILES string of the molecule is CNC(=O)CCCOc1c(F)cccc1CO. The van der Waals surface area contributed by atoms with Gasteiger partial charge in [-0.3, -0.25) is 4.79 Å². The van der Waals surface area contributed by atoms with Crippen molar-refractivity contribution in [2.24, 2.45) is 0 Å². The van der Waals surface area contributed by atoms with Crippen LogP contribution in [0.2, 0.25) is 0 Å². The molecule has 0 saturated heterocycles. The molecule has 5 heteroatoms. The van der Waals surface area contributed by atoms with Crippen LogP contribution in [0.4, 0.5) is 4.39 Å². The summed E-state index contributed by atoms with van der Waals surface area (Å²) in [7, 11) is 1.56. The molecule has 94 valence electrons. The van der Waals surface area contributed by atoms with Crippen LogP contribution in [0.25, 0.3) is 0 Å². The maximum atomic E-state index is 13.4. The number of ether oxygens (including phenoxy) is 1. The molecule has 0 heterocycles. The second-order valence-electron chi connectivity index (χ2n) is 3.51. The van der Waals surface area contributed by atoms with E-state index in [1.54, 1.807) is 13.1 Å². The fourth-order valence-corrected chi connectivity index (χ4v) is 1.37. The zero-order valence-corrected chi connectivity index (χ0v) is 9.70. The van der Waals surface area contributed by atoms with Crippen molar-refractivity contribution in [1.82, 2.24) is 5.32 Å². The minimum atomic E-state index is -0.503. The molecule has 4 nitrogen and oxygen atoms in total. The van der Waals surface area contributed by atoms with Gasteiger partial charge in [0.05, 0.1) is 13.2 Å². The van der Waals surface area contributed by atoms with Gasteiger partial charge in [-0.1, -0.05) is 12.1 Å². The molecule has 2 N–H and O–H groups in total. The topological polar surface area (TPSA) is 58.6 Å². The maximum absolute atomic E-state index is 13.4. The predicted molar refractivity (Wildman–Crippen MR) is 61.1 cm³/mol. The summed E-state index contributed by atoms with van der Waals surface area (Å²) in [4.78, 5) is 10.9. The Labute approximate surface area is 99.4 Å². The first-order chi connectivity index (χ1) is 8.19. The van der Waals surface area contributed by atoms with Crippen LogP contribution in [0.5, 0.6) is 5.75 Å². The molecule has 1 aromatic carbocycles. The molecule has 0 saturated carbocycles. The number of hydrogen-bond acceptors (Lipinski definition) is 3. The molecule has 0 spiro atoms. The van der Waals surface area contributed by atoms with E-state index in [1.165, 1.54) is 12.1 Å². The fraction of sp³-hybridized carbons (Fsp3) is 0.417. The number of halogens is 1. The Kier molecular flexibility index (Phi) is 5.42. The average molecular weight is 241 g/mol. The van der Waals surface area contributed by atoms with Crippen molar-refractivity contribution in [3.8, 4) is 5.75 Å². The average Bonchev–Trinajstić information content (AvgIpc) is 2.35. The summed E-state index contributed by atoms with van der Waals surface area (Å²) in [6.45, 7) is -0.0378. The number of nitrogens with one attached hydrogen (secondary N) is 1. The van der Waals surface area contributed by atoms with Crippen LogP contribution < -0.4 is 10.1 Å². The van der Waals surface area contributed by atoms with Crippen LogP contribution in [-0.2, 0) is 11.4 Å². The Bertz CT molecular complexity index is 382. The van der Waals surface area contributed by atoms with E-state index >= 15 is 0 Å². The highest BCUT2D eigenvalue weighted by molar-refractivity contribution is 5.75. The standard InChI is InChI=1S/C12H16FNO3/c1-14-11(16)6-3-7-17-12-9(8-15)4-2-5-10(12)13/h2,4-5,15H,3,6-8H2,1H3,(H,14,16). The summed E-state index contributed by atoms with van der Waals surface area (Å²) in [6, 6.07) is 4.38. The third kappa shape index (κ3) is 4.03. The summed E-state index contributed by atoms with van der Waals surface area (Å²) >= 11 is 0. The van der Waals surface area contributed by atoms with Gasteiger partial charge in [0.2, 0.25) is 5.91 Å². The van der Waals surface area contributed by atoms with Crippen LogP contribution in [0.15, 0.2) is 18.2 Å². The van der Waals surface area contributed by atoms with E-state index in [9.17, 15) is 9.18 Å². The minimum Gasteiger partial charge on any atom is -0.490 e. The molecule has 0 aliphatic carbocycles. The monoisotopic (exact) mass is 241 g/mol. The van der Waals surface area contributed by atoms with Gasteiger partial charge in [-0.2, -0.15) is 0 Å². The molecule has 0 aromatic heterocycles. The van der Waals surface area contributed by atoms with Crippen LogP contribution in [0.3, 0.4) is 0 Å². The largest absolute Gasteiger partial charge is 0.490 e. The summed E-state index contributed by atoms with van der Waals surface area (Å²) in [5.41, 5.74) is 0.407. The van der Waals surface area contributed by atoms with Crippen LogP contribution >= 0.6 is 0 Å². The van der Waals surface area contributed by atoms with E-state index in [-0.39, 0.29) is 24.9 Å². The van der Waals surface area contributed by atoms with Gasteiger partial charge in [-0.05, 0) is 12.5 Å². The number of benzene rings is 1. The number of aliphatic hydroxyl groups excluding tert-OH is 1. The van der Waals surface area contributed by atoms with Crippen molar-refractivity contribution in [3.05, 3.63) is 29.6 Å². The first kappa shape index (κ1) is 13.4. The van der Waals surface area contributed by atoms with Crippen molar-refractivity contribution in [2.75, 3.05) is 13.7 Å². The molecule has 0 bridgehead atoms. The lowest BCUT2D eigenvalue weighted by molar-refractivity contribution is -0.120. The molecule has 17 heavy (non-hydrogen) atoms. The second-order valence-corrected chi connectivity index (χ2v) is 3.51. The van der Waals surface area contributed by atoms with E-state index in [4.69, 9.17) is 9.84 Å². The number of amides is 1. The number of rotatable bonds is 6. The summed E-state index contributed by atoms with van der Waals surface area (Å²) in [5.74, 6) is -0.520. The summed E-state index contributed by atoms with van der Waals surface area (Å²) < 4.78 is 18.6. The molecule has 0 unspecified atom stereocenters. The molecule has 1 rings (SSSR count). The second kappa shape index (κ2) is 6.85. The van der Waals surface area contributed by atoms with E-state index in [0.717, 1.165) is 0 Å². The van der Waals surface area contributed by atoms with Gasteiger partial charge < -0.3 is 15.2 Å².